The molecule has 0 amide bonds. The van der Waals surface area contributed by atoms with E-state index in [1.165, 1.54) is 17.4 Å². The van der Waals surface area contributed by atoms with Gasteiger partial charge in [0.2, 0.25) is 0 Å². The Morgan fingerprint density at radius 3 is 2.76 bits per heavy atom. The third kappa shape index (κ3) is 2.74. The van der Waals surface area contributed by atoms with Gasteiger partial charge in [-0.05, 0) is 37.0 Å². The summed E-state index contributed by atoms with van der Waals surface area (Å²) in [5.74, 6) is -0.0154. The molecule has 1 aromatic heterocycles. The van der Waals surface area contributed by atoms with Crippen molar-refractivity contribution in [2.45, 2.75) is 31.4 Å². The maximum atomic E-state index is 12.7. The van der Waals surface area contributed by atoms with E-state index in [2.05, 4.69) is 4.98 Å². The van der Waals surface area contributed by atoms with E-state index in [0.717, 1.165) is 42.0 Å². The third-order valence-electron chi connectivity index (χ3n) is 3.67. The minimum Gasteiger partial charge on any atom is -0.375 e. The molecule has 2 nitrogen and oxygen atoms in total. The monoisotopic (exact) mass is 332 g/mol. The molecule has 3 rings (SSSR count). The summed E-state index contributed by atoms with van der Waals surface area (Å²) in [6.45, 7) is 0. The van der Waals surface area contributed by atoms with Crippen LogP contribution in [0.1, 0.15) is 40.5 Å². The zero-order valence-electron chi connectivity index (χ0n) is 10.9. The Bertz CT molecular complexity index is 681. The number of thiazole rings is 1. The van der Waals surface area contributed by atoms with Crippen LogP contribution >= 0.6 is 22.9 Å². The Morgan fingerprint density at radius 2 is 2.10 bits per heavy atom. The van der Waals surface area contributed by atoms with Gasteiger partial charge in [0.25, 0.3) is 0 Å². The summed E-state index contributed by atoms with van der Waals surface area (Å²) in [6.07, 6.45) is -1.75. The number of aromatic nitrogens is 1. The number of nitrogens with zero attached hydrogens (tertiary/aromatic N) is 1. The fraction of sp³-hybridized carbons (Fsp3) is 0.357. The number of hydrogen-bond donors (Lipinski definition) is 1. The van der Waals surface area contributed by atoms with Crippen molar-refractivity contribution in [2.75, 3.05) is 5.73 Å². The molecule has 2 N–H and O–H groups in total. The number of alkyl halides is 3. The molecule has 1 aromatic carbocycles. The van der Waals surface area contributed by atoms with Crippen LogP contribution in [-0.4, -0.2) is 4.98 Å². The molecule has 21 heavy (non-hydrogen) atoms. The van der Waals surface area contributed by atoms with Crippen molar-refractivity contribution in [3.05, 3.63) is 44.9 Å². The topological polar surface area (TPSA) is 38.9 Å². The van der Waals surface area contributed by atoms with Gasteiger partial charge in [0.05, 0.1) is 11.3 Å². The van der Waals surface area contributed by atoms with Crippen LogP contribution in [0.4, 0.5) is 18.3 Å². The van der Waals surface area contributed by atoms with Gasteiger partial charge in [-0.3, -0.25) is 0 Å². The van der Waals surface area contributed by atoms with E-state index in [-0.39, 0.29) is 10.9 Å². The maximum Gasteiger partial charge on any atom is 0.416 e. The molecule has 0 bridgehead atoms. The zero-order chi connectivity index (χ0) is 15.2. The molecule has 112 valence electrons. The number of anilines is 1. The van der Waals surface area contributed by atoms with Crippen LogP contribution in [0.3, 0.4) is 0 Å². The normalized spacial score (nSPS) is 18.6. The molecule has 2 aromatic rings. The Balaban J connectivity index is 2.02. The van der Waals surface area contributed by atoms with Crippen molar-refractivity contribution in [2.24, 2.45) is 0 Å². The summed E-state index contributed by atoms with van der Waals surface area (Å²) in [5, 5.41) is 0.643. The van der Waals surface area contributed by atoms with Gasteiger partial charge in [0.1, 0.15) is 0 Å². The van der Waals surface area contributed by atoms with Gasteiger partial charge < -0.3 is 5.73 Å². The number of halogens is 4. The standard InChI is InChI=1S/C14H12ClF3N2S/c15-10-6-7(14(16,17)18)4-5-8(10)9-2-1-3-11-12(9)21-13(19)20-11/h4-6,9H,1-3H2,(H2,19,20). The highest BCUT2D eigenvalue weighted by molar-refractivity contribution is 7.15. The first kappa shape index (κ1) is 14.7. The van der Waals surface area contributed by atoms with Crippen LogP contribution in [-0.2, 0) is 12.6 Å². The Kier molecular flexibility index (Phi) is 3.61. The summed E-state index contributed by atoms with van der Waals surface area (Å²) < 4.78 is 38.1. The van der Waals surface area contributed by atoms with E-state index in [0.29, 0.717) is 10.7 Å². The number of benzene rings is 1. The second-order valence-electron chi connectivity index (χ2n) is 5.04. The zero-order valence-corrected chi connectivity index (χ0v) is 12.4. The number of hydrogen-bond acceptors (Lipinski definition) is 3. The Labute approximate surface area is 128 Å². The average Bonchev–Trinajstić information content (AvgIpc) is 2.77. The lowest BCUT2D eigenvalue weighted by atomic mass is 9.86. The molecule has 1 aliphatic rings. The van der Waals surface area contributed by atoms with Gasteiger partial charge in [0.15, 0.2) is 5.13 Å². The summed E-state index contributed by atoms with van der Waals surface area (Å²) in [4.78, 5) is 5.31. The van der Waals surface area contributed by atoms with Crippen LogP contribution in [0.5, 0.6) is 0 Å². The van der Waals surface area contributed by atoms with E-state index in [4.69, 9.17) is 17.3 Å². The number of fused-ring (bicyclic) bond motifs is 1. The largest absolute Gasteiger partial charge is 0.416 e. The van der Waals surface area contributed by atoms with Crippen molar-refractivity contribution in [1.82, 2.24) is 4.98 Å². The first-order chi connectivity index (χ1) is 9.86. The molecule has 1 aliphatic carbocycles. The first-order valence-corrected chi connectivity index (χ1v) is 7.67. The van der Waals surface area contributed by atoms with Crippen molar-refractivity contribution in [1.29, 1.82) is 0 Å². The minimum atomic E-state index is -4.38. The van der Waals surface area contributed by atoms with Gasteiger partial charge in [-0.2, -0.15) is 13.2 Å². The molecule has 1 atom stereocenters. The second kappa shape index (κ2) is 5.18. The number of aryl methyl sites for hydroxylation is 1. The predicted molar refractivity (Wildman–Crippen MR) is 77.8 cm³/mol. The lowest BCUT2D eigenvalue weighted by Crippen LogP contribution is -2.11. The third-order valence-corrected chi connectivity index (χ3v) is 5.04. The van der Waals surface area contributed by atoms with Gasteiger partial charge in [-0.25, -0.2) is 4.98 Å². The van der Waals surface area contributed by atoms with Gasteiger partial charge in [0, 0.05) is 15.8 Å². The van der Waals surface area contributed by atoms with Gasteiger partial charge in [-0.1, -0.05) is 17.7 Å². The average molecular weight is 333 g/mol. The van der Waals surface area contributed by atoms with E-state index in [1.54, 1.807) is 0 Å². The lowest BCUT2D eigenvalue weighted by Gasteiger charge is -2.23. The molecule has 0 spiro atoms. The van der Waals surface area contributed by atoms with E-state index in [9.17, 15) is 13.2 Å². The summed E-state index contributed by atoms with van der Waals surface area (Å²) in [6, 6.07) is 3.55. The number of rotatable bonds is 1. The second-order valence-corrected chi connectivity index (χ2v) is 6.51. The Hall–Kier alpha value is -1.27. The van der Waals surface area contributed by atoms with Crippen LogP contribution in [0.2, 0.25) is 5.02 Å². The van der Waals surface area contributed by atoms with E-state index < -0.39 is 11.7 Å². The summed E-state index contributed by atoms with van der Waals surface area (Å²) in [7, 11) is 0. The maximum absolute atomic E-state index is 12.7. The predicted octanol–water partition coefficient (Wildman–Crippen LogP) is 4.87. The van der Waals surface area contributed by atoms with E-state index in [1.807, 2.05) is 0 Å². The Morgan fingerprint density at radius 1 is 1.33 bits per heavy atom. The van der Waals surface area contributed by atoms with E-state index >= 15 is 0 Å². The highest BCUT2D eigenvalue weighted by atomic mass is 35.5. The number of nitrogens with two attached hydrogens (primary N) is 1. The molecule has 0 fully saturated rings. The van der Waals surface area contributed by atoms with Crippen LogP contribution < -0.4 is 5.73 Å². The quantitative estimate of drug-likeness (QED) is 0.809. The fourth-order valence-corrected chi connectivity index (χ4v) is 4.07. The molecule has 1 heterocycles. The van der Waals surface area contributed by atoms with Gasteiger partial charge >= 0.3 is 6.18 Å². The molecule has 1 unspecified atom stereocenters. The molecular weight excluding hydrogens is 321 g/mol. The fourth-order valence-electron chi connectivity index (χ4n) is 2.72. The smallest absolute Gasteiger partial charge is 0.375 e. The van der Waals surface area contributed by atoms with Gasteiger partial charge in [-0.15, -0.1) is 11.3 Å². The highest BCUT2D eigenvalue weighted by Crippen LogP contribution is 2.44. The highest BCUT2D eigenvalue weighted by Gasteiger charge is 2.32. The van der Waals surface area contributed by atoms with Crippen LogP contribution in [0, 0.1) is 0 Å². The molecule has 0 aliphatic heterocycles. The molecule has 0 radical (unpaired) electrons. The number of nitrogen functional groups attached to an aromatic ring is 1. The lowest BCUT2D eigenvalue weighted by molar-refractivity contribution is -0.137. The summed E-state index contributed by atoms with van der Waals surface area (Å²) in [5.41, 5.74) is 6.68. The molecule has 7 heteroatoms. The first-order valence-electron chi connectivity index (χ1n) is 6.48. The SMILES string of the molecule is Nc1nc2c(s1)C(c1ccc(C(F)(F)F)cc1Cl)CCC2. The minimum absolute atomic E-state index is 0.0154. The van der Waals surface area contributed by atoms with Crippen molar-refractivity contribution >= 4 is 28.1 Å². The van der Waals surface area contributed by atoms with Crippen molar-refractivity contribution in [3.63, 3.8) is 0 Å². The molecule has 0 saturated carbocycles. The van der Waals surface area contributed by atoms with Crippen molar-refractivity contribution < 1.29 is 13.2 Å². The van der Waals surface area contributed by atoms with Crippen molar-refractivity contribution in [3.8, 4) is 0 Å². The summed E-state index contributed by atoms with van der Waals surface area (Å²) >= 11 is 7.49. The molecular formula is C14H12ClF3N2S. The van der Waals surface area contributed by atoms with Crippen LogP contribution in [0.25, 0.3) is 0 Å². The van der Waals surface area contributed by atoms with Crippen LogP contribution in [0.15, 0.2) is 18.2 Å². The molecule has 0 saturated heterocycles.